The fourth-order valence-corrected chi connectivity index (χ4v) is 2.58. The number of benzene rings is 1. The van der Waals surface area contributed by atoms with Gasteiger partial charge in [-0.2, -0.15) is 0 Å². The van der Waals surface area contributed by atoms with Crippen molar-refractivity contribution >= 4 is 12.0 Å². The lowest BCUT2D eigenvalue weighted by molar-refractivity contribution is -0.141. The van der Waals surface area contributed by atoms with Crippen LogP contribution >= 0.6 is 0 Å². The zero-order valence-electron chi connectivity index (χ0n) is 15.3. The van der Waals surface area contributed by atoms with E-state index < -0.39 is 18.0 Å². The van der Waals surface area contributed by atoms with Gasteiger partial charge < -0.3 is 30.0 Å². The smallest absolute Gasteiger partial charge is 0.338 e. The molecule has 1 aromatic rings. The molecule has 2 rings (SSSR count). The number of urea groups is 1. The average Bonchev–Trinajstić information content (AvgIpc) is 2.58. The van der Waals surface area contributed by atoms with E-state index in [4.69, 9.17) is 14.2 Å². The summed E-state index contributed by atoms with van der Waals surface area (Å²) in [5.74, 6) is -0.349. The lowest BCUT2D eigenvalue weighted by Crippen LogP contribution is -2.45. The fraction of sp³-hybridized carbons (Fsp3) is 0.444. The van der Waals surface area contributed by atoms with E-state index in [1.54, 1.807) is 19.1 Å². The van der Waals surface area contributed by atoms with E-state index in [-0.39, 0.29) is 36.4 Å². The molecule has 1 aliphatic heterocycles. The van der Waals surface area contributed by atoms with Gasteiger partial charge in [0, 0.05) is 5.70 Å². The molecule has 0 fully saturated rings. The number of aromatic hydroxyl groups is 1. The summed E-state index contributed by atoms with van der Waals surface area (Å²) >= 11 is 0. The van der Waals surface area contributed by atoms with Crippen molar-refractivity contribution in [2.45, 2.75) is 32.9 Å². The molecule has 0 radical (unpaired) electrons. The highest BCUT2D eigenvalue weighted by molar-refractivity contribution is 5.95. The minimum Gasteiger partial charge on any atom is -0.504 e. The van der Waals surface area contributed by atoms with Crippen LogP contribution in [0.4, 0.5) is 4.79 Å². The Labute approximate surface area is 152 Å². The highest BCUT2D eigenvalue weighted by Gasteiger charge is 2.32. The van der Waals surface area contributed by atoms with Crippen LogP contribution in [0.15, 0.2) is 29.5 Å². The number of rotatable bonds is 7. The molecule has 0 unspecified atom stereocenters. The first kappa shape index (κ1) is 19.6. The molecule has 0 bridgehead atoms. The molecule has 1 atom stereocenters. The number of ether oxygens (including phenoxy) is 3. The van der Waals surface area contributed by atoms with Gasteiger partial charge in [0.1, 0.15) is 6.61 Å². The normalized spacial score (nSPS) is 17.0. The van der Waals surface area contributed by atoms with E-state index in [0.29, 0.717) is 11.3 Å². The second-order valence-corrected chi connectivity index (χ2v) is 6.06. The topological polar surface area (TPSA) is 106 Å². The zero-order chi connectivity index (χ0) is 19.3. The van der Waals surface area contributed by atoms with E-state index in [0.717, 1.165) is 0 Å². The number of carbonyl (C=O) groups is 2. The number of methoxy groups -OCH3 is 1. The van der Waals surface area contributed by atoms with Gasteiger partial charge in [-0.3, -0.25) is 0 Å². The molecule has 0 aliphatic carbocycles. The van der Waals surface area contributed by atoms with Crippen molar-refractivity contribution in [1.29, 1.82) is 0 Å². The number of phenols is 1. The van der Waals surface area contributed by atoms with Crippen LogP contribution in [0.1, 0.15) is 32.4 Å². The van der Waals surface area contributed by atoms with E-state index in [1.165, 1.54) is 13.2 Å². The van der Waals surface area contributed by atoms with Crippen LogP contribution in [-0.2, 0) is 14.3 Å². The van der Waals surface area contributed by atoms with Crippen LogP contribution in [0.25, 0.3) is 0 Å². The zero-order valence-corrected chi connectivity index (χ0v) is 15.3. The number of hydrogen-bond donors (Lipinski definition) is 3. The molecule has 1 aromatic carbocycles. The Morgan fingerprint density at radius 2 is 2.04 bits per heavy atom. The maximum atomic E-state index is 12.6. The van der Waals surface area contributed by atoms with Crippen molar-refractivity contribution in [3.8, 4) is 11.5 Å². The van der Waals surface area contributed by atoms with Gasteiger partial charge in [0.25, 0.3) is 0 Å². The molecule has 142 valence electrons. The van der Waals surface area contributed by atoms with Crippen molar-refractivity contribution in [2.75, 3.05) is 20.3 Å². The van der Waals surface area contributed by atoms with E-state index in [2.05, 4.69) is 10.6 Å². The minimum atomic E-state index is -0.725. The molecule has 0 saturated heterocycles. The third-order valence-corrected chi connectivity index (χ3v) is 3.79. The molecule has 0 aromatic heterocycles. The summed E-state index contributed by atoms with van der Waals surface area (Å²) in [6, 6.07) is 3.46. The average molecular weight is 364 g/mol. The van der Waals surface area contributed by atoms with Crippen molar-refractivity contribution in [1.82, 2.24) is 10.6 Å². The number of phenolic OH excluding ortho intramolecular Hbond substituents is 1. The van der Waals surface area contributed by atoms with Crippen molar-refractivity contribution < 1.29 is 28.9 Å². The first-order valence-corrected chi connectivity index (χ1v) is 8.27. The molecule has 3 N–H and O–H groups in total. The summed E-state index contributed by atoms with van der Waals surface area (Å²) in [4.78, 5) is 24.4. The number of amides is 2. The largest absolute Gasteiger partial charge is 0.504 e. The van der Waals surface area contributed by atoms with Crippen LogP contribution in [0.2, 0.25) is 0 Å². The van der Waals surface area contributed by atoms with E-state index in [9.17, 15) is 14.7 Å². The number of hydrogen-bond acceptors (Lipinski definition) is 6. The van der Waals surface area contributed by atoms with Gasteiger partial charge in [-0.25, -0.2) is 9.59 Å². The molecule has 2 amide bonds. The molecule has 26 heavy (non-hydrogen) atoms. The van der Waals surface area contributed by atoms with Gasteiger partial charge >= 0.3 is 12.0 Å². The molecule has 8 nitrogen and oxygen atoms in total. The summed E-state index contributed by atoms with van der Waals surface area (Å²) in [7, 11) is 1.42. The highest BCUT2D eigenvalue weighted by atomic mass is 16.6. The predicted octanol–water partition coefficient (Wildman–Crippen LogP) is 2.00. The maximum absolute atomic E-state index is 12.6. The Kier molecular flexibility index (Phi) is 6.46. The van der Waals surface area contributed by atoms with E-state index in [1.807, 2.05) is 13.8 Å². The highest BCUT2D eigenvalue weighted by Crippen LogP contribution is 2.33. The summed E-state index contributed by atoms with van der Waals surface area (Å²) in [5.41, 5.74) is 1.27. The van der Waals surface area contributed by atoms with Crippen LogP contribution in [0.5, 0.6) is 11.5 Å². The Morgan fingerprint density at radius 3 is 2.69 bits per heavy atom. The molecule has 1 aliphatic rings. The first-order chi connectivity index (χ1) is 12.3. The van der Waals surface area contributed by atoms with Crippen molar-refractivity contribution in [3.63, 3.8) is 0 Å². The Hall–Kier alpha value is -2.74. The number of carbonyl (C=O) groups excluding carboxylic acids is 2. The predicted molar refractivity (Wildman–Crippen MR) is 93.8 cm³/mol. The van der Waals surface area contributed by atoms with E-state index >= 15 is 0 Å². The van der Waals surface area contributed by atoms with Crippen LogP contribution in [0, 0.1) is 0 Å². The number of allylic oxidation sites excluding steroid dienone is 1. The van der Waals surface area contributed by atoms with Crippen LogP contribution < -0.4 is 15.4 Å². The van der Waals surface area contributed by atoms with Gasteiger partial charge in [-0.15, -0.1) is 0 Å². The first-order valence-electron chi connectivity index (χ1n) is 8.27. The standard InChI is InChI=1S/C18H24N2O6/c1-10(2)25-7-8-26-17(22)15-11(3)19-18(23)20-16(15)12-5-6-13(21)14(9-12)24-4/h5-6,9-10,16,21H,7-8H2,1-4H3,(H2,19,20,23)/t16-/m0/s1. The van der Waals surface area contributed by atoms with Crippen molar-refractivity contribution in [3.05, 3.63) is 35.0 Å². The maximum Gasteiger partial charge on any atom is 0.338 e. The van der Waals surface area contributed by atoms with Gasteiger partial charge in [0.05, 0.1) is 31.4 Å². The summed E-state index contributed by atoms with van der Waals surface area (Å²) in [5, 5.41) is 15.0. The second-order valence-electron chi connectivity index (χ2n) is 6.06. The van der Waals surface area contributed by atoms with Crippen LogP contribution in [0.3, 0.4) is 0 Å². The second kappa shape index (κ2) is 8.57. The Bertz CT molecular complexity index is 714. The molecular formula is C18H24N2O6. The monoisotopic (exact) mass is 364 g/mol. The van der Waals surface area contributed by atoms with Gasteiger partial charge in [-0.05, 0) is 38.5 Å². The molecule has 1 heterocycles. The van der Waals surface area contributed by atoms with Gasteiger partial charge in [0.15, 0.2) is 11.5 Å². The summed E-state index contributed by atoms with van der Waals surface area (Å²) < 4.78 is 15.7. The van der Waals surface area contributed by atoms with Crippen molar-refractivity contribution in [2.24, 2.45) is 0 Å². The Morgan fingerprint density at radius 1 is 1.31 bits per heavy atom. The lowest BCUT2D eigenvalue weighted by atomic mass is 9.95. The Balaban J connectivity index is 2.24. The molecule has 0 spiro atoms. The summed E-state index contributed by atoms with van der Waals surface area (Å²) in [6.07, 6.45) is 0.0440. The summed E-state index contributed by atoms with van der Waals surface area (Å²) in [6.45, 7) is 5.80. The molecular weight excluding hydrogens is 340 g/mol. The fourth-order valence-electron chi connectivity index (χ4n) is 2.58. The molecule has 0 saturated carbocycles. The number of esters is 1. The number of nitrogens with one attached hydrogen (secondary N) is 2. The minimum absolute atomic E-state index is 0.0350. The third kappa shape index (κ3) is 4.66. The SMILES string of the molecule is COc1cc([C@@H]2NC(=O)NC(C)=C2C(=O)OCCOC(C)C)ccc1O. The lowest BCUT2D eigenvalue weighted by Gasteiger charge is -2.28. The van der Waals surface area contributed by atoms with Gasteiger partial charge in [-0.1, -0.05) is 6.07 Å². The quantitative estimate of drug-likeness (QED) is 0.505. The third-order valence-electron chi connectivity index (χ3n) is 3.79. The van der Waals surface area contributed by atoms with Crippen LogP contribution in [-0.4, -0.2) is 43.5 Å². The van der Waals surface area contributed by atoms with Gasteiger partial charge in [0.2, 0.25) is 0 Å². The molecule has 8 heteroatoms.